The molecule has 2 nitrogen and oxygen atoms in total. The Morgan fingerprint density at radius 1 is 1.70 bits per heavy atom. The third-order valence-corrected chi connectivity index (χ3v) is 1.48. The molecule has 0 bridgehead atoms. The maximum atomic E-state index is 4.93. The van der Waals surface area contributed by atoms with Crippen LogP contribution in [-0.4, -0.2) is 26.0 Å². The van der Waals surface area contributed by atoms with E-state index in [0.29, 0.717) is 0 Å². The third-order valence-electron chi connectivity index (χ3n) is 1.48. The average Bonchev–Trinajstić information content (AvgIpc) is 2.03. The zero-order chi connectivity index (χ0) is 7.23. The molecule has 0 aromatic rings. The second-order valence-electron chi connectivity index (χ2n) is 2.31. The van der Waals surface area contributed by atoms with E-state index >= 15 is 0 Å². The lowest BCUT2D eigenvalue weighted by Crippen LogP contribution is -2.03. The van der Waals surface area contributed by atoms with Gasteiger partial charge in [0.2, 0.25) is 0 Å². The number of methoxy groups -OCH3 is 1. The van der Waals surface area contributed by atoms with E-state index < -0.39 is 0 Å². The van der Waals surface area contributed by atoms with Gasteiger partial charge in [-0.25, -0.2) is 0 Å². The fraction of sp³-hybridized carbons (Fsp3) is 0.625. The monoisotopic (exact) mass is 139 g/mol. The van der Waals surface area contributed by atoms with Crippen molar-refractivity contribution in [2.45, 2.75) is 12.8 Å². The first-order valence-electron chi connectivity index (χ1n) is 3.62. The molecule has 1 rings (SSSR count). The number of hydrogen-bond donors (Lipinski definition) is 0. The van der Waals surface area contributed by atoms with Crippen molar-refractivity contribution in [1.29, 1.82) is 0 Å². The highest BCUT2D eigenvalue weighted by Crippen LogP contribution is 1.99. The molecule has 0 aliphatic carbocycles. The first-order chi connectivity index (χ1) is 4.93. The maximum absolute atomic E-state index is 4.93. The van der Waals surface area contributed by atoms with E-state index in [4.69, 9.17) is 4.74 Å². The molecule has 0 saturated heterocycles. The fourth-order valence-electron chi connectivity index (χ4n) is 0.924. The molecule has 1 aliphatic rings. The number of rotatable bonds is 3. The Morgan fingerprint density at radius 3 is 3.20 bits per heavy atom. The molecule has 0 fully saturated rings. The van der Waals surface area contributed by atoms with Gasteiger partial charge in [0, 0.05) is 25.8 Å². The van der Waals surface area contributed by atoms with Crippen molar-refractivity contribution in [3.8, 4) is 0 Å². The highest BCUT2D eigenvalue weighted by Gasteiger charge is 1.96. The second kappa shape index (κ2) is 4.23. The predicted molar refractivity (Wildman–Crippen MR) is 42.6 cm³/mol. The van der Waals surface area contributed by atoms with Gasteiger partial charge in [-0.2, -0.15) is 0 Å². The Balaban J connectivity index is 2.26. The van der Waals surface area contributed by atoms with Gasteiger partial charge in [-0.05, 0) is 12.5 Å². The van der Waals surface area contributed by atoms with Gasteiger partial charge >= 0.3 is 0 Å². The molecule has 0 spiro atoms. The summed E-state index contributed by atoms with van der Waals surface area (Å²) in [6, 6.07) is 0. The van der Waals surface area contributed by atoms with Crippen LogP contribution >= 0.6 is 0 Å². The van der Waals surface area contributed by atoms with E-state index in [9.17, 15) is 0 Å². The zero-order valence-corrected chi connectivity index (χ0v) is 6.34. The minimum atomic E-state index is 0.781. The van der Waals surface area contributed by atoms with Crippen LogP contribution in [0.2, 0.25) is 0 Å². The maximum Gasteiger partial charge on any atom is 0.0517 e. The average molecular weight is 139 g/mol. The van der Waals surface area contributed by atoms with Crippen molar-refractivity contribution in [3.05, 3.63) is 12.2 Å². The van der Waals surface area contributed by atoms with E-state index in [1.54, 1.807) is 7.11 Å². The van der Waals surface area contributed by atoms with Crippen LogP contribution in [0.15, 0.2) is 17.1 Å². The number of dihydropyridines is 1. The van der Waals surface area contributed by atoms with Crippen LogP contribution in [0.25, 0.3) is 0 Å². The minimum Gasteiger partial charge on any atom is -0.384 e. The number of nitrogens with zero attached hydrogens (tertiary/aromatic N) is 1. The van der Waals surface area contributed by atoms with Gasteiger partial charge in [-0.15, -0.1) is 0 Å². The van der Waals surface area contributed by atoms with Gasteiger partial charge in [-0.3, -0.25) is 4.99 Å². The molecule has 1 aliphatic heterocycles. The Labute approximate surface area is 61.6 Å². The lowest BCUT2D eigenvalue weighted by molar-refractivity contribution is 0.207. The van der Waals surface area contributed by atoms with Crippen molar-refractivity contribution < 1.29 is 4.74 Å². The Kier molecular flexibility index (Phi) is 3.16. The highest BCUT2D eigenvalue weighted by atomic mass is 16.5. The summed E-state index contributed by atoms with van der Waals surface area (Å²) in [4.78, 5) is 4.32. The Morgan fingerprint density at radius 2 is 2.60 bits per heavy atom. The number of hydrogen-bond acceptors (Lipinski definition) is 2. The second-order valence-corrected chi connectivity index (χ2v) is 2.31. The van der Waals surface area contributed by atoms with Crippen LogP contribution in [0.5, 0.6) is 0 Å². The highest BCUT2D eigenvalue weighted by molar-refractivity contribution is 5.95. The molecule has 1 heterocycles. The lowest BCUT2D eigenvalue weighted by atomic mass is 10.2. The van der Waals surface area contributed by atoms with E-state index in [1.165, 1.54) is 5.71 Å². The normalized spacial score (nSPS) is 17.1. The summed E-state index contributed by atoms with van der Waals surface area (Å²) < 4.78 is 4.93. The molecule has 56 valence electrons. The predicted octanol–water partition coefficient (Wildman–Crippen LogP) is 1.42. The van der Waals surface area contributed by atoms with Crippen LogP contribution in [0.4, 0.5) is 0 Å². The van der Waals surface area contributed by atoms with Gasteiger partial charge in [0.05, 0.1) is 6.61 Å². The lowest BCUT2D eigenvalue weighted by Gasteiger charge is -2.04. The van der Waals surface area contributed by atoms with Gasteiger partial charge < -0.3 is 4.74 Å². The number of ether oxygens (including phenoxy) is 1. The molecule has 0 unspecified atom stereocenters. The van der Waals surface area contributed by atoms with Gasteiger partial charge in [-0.1, -0.05) is 6.08 Å². The Bertz CT molecular complexity index is 149. The van der Waals surface area contributed by atoms with E-state index in [0.717, 1.165) is 26.0 Å². The molecular formula is C8H13NO. The summed E-state index contributed by atoms with van der Waals surface area (Å²) in [7, 11) is 1.72. The molecule has 0 saturated carbocycles. The van der Waals surface area contributed by atoms with Gasteiger partial charge in [0.15, 0.2) is 0 Å². The molecule has 0 aromatic carbocycles. The molecule has 0 radical (unpaired) electrons. The Hall–Kier alpha value is -0.630. The SMILES string of the molecule is COCCC1=NCCC=C1. The number of aliphatic imine (C=N–C) groups is 1. The van der Waals surface area contributed by atoms with E-state index in [2.05, 4.69) is 17.1 Å². The largest absolute Gasteiger partial charge is 0.384 e. The first kappa shape index (κ1) is 7.48. The third kappa shape index (κ3) is 2.31. The molecule has 0 atom stereocenters. The fourth-order valence-corrected chi connectivity index (χ4v) is 0.924. The van der Waals surface area contributed by atoms with Crippen molar-refractivity contribution in [1.82, 2.24) is 0 Å². The summed E-state index contributed by atoms with van der Waals surface area (Å²) in [6.07, 6.45) is 6.30. The zero-order valence-electron chi connectivity index (χ0n) is 6.34. The quantitative estimate of drug-likeness (QED) is 0.579. The molecule has 0 amide bonds. The summed E-state index contributed by atoms with van der Waals surface area (Å²) in [5, 5.41) is 0. The van der Waals surface area contributed by atoms with E-state index in [1.807, 2.05) is 0 Å². The summed E-state index contributed by atoms with van der Waals surface area (Å²) in [6.45, 7) is 1.73. The molecule has 0 aromatic heterocycles. The van der Waals surface area contributed by atoms with Crippen LogP contribution < -0.4 is 0 Å². The summed E-state index contributed by atoms with van der Waals surface area (Å²) >= 11 is 0. The van der Waals surface area contributed by atoms with Crippen LogP contribution in [0.1, 0.15) is 12.8 Å². The van der Waals surface area contributed by atoms with E-state index in [-0.39, 0.29) is 0 Å². The molecular weight excluding hydrogens is 126 g/mol. The number of allylic oxidation sites excluding steroid dienone is 1. The molecule has 0 N–H and O–H groups in total. The van der Waals surface area contributed by atoms with Crippen LogP contribution in [-0.2, 0) is 4.74 Å². The van der Waals surface area contributed by atoms with Crippen molar-refractivity contribution in [3.63, 3.8) is 0 Å². The van der Waals surface area contributed by atoms with Gasteiger partial charge in [0.25, 0.3) is 0 Å². The molecule has 10 heavy (non-hydrogen) atoms. The molecule has 2 heteroatoms. The first-order valence-corrected chi connectivity index (χ1v) is 3.62. The van der Waals surface area contributed by atoms with Crippen molar-refractivity contribution in [2.75, 3.05) is 20.3 Å². The van der Waals surface area contributed by atoms with Crippen molar-refractivity contribution in [2.24, 2.45) is 4.99 Å². The van der Waals surface area contributed by atoms with Crippen molar-refractivity contribution >= 4 is 5.71 Å². The standard InChI is InChI=1S/C8H13NO/c1-10-7-5-8-4-2-3-6-9-8/h2,4H,3,5-7H2,1H3. The summed E-state index contributed by atoms with van der Waals surface area (Å²) in [5.41, 5.74) is 1.17. The van der Waals surface area contributed by atoms with Gasteiger partial charge in [0.1, 0.15) is 0 Å². The van der Waals surface area contributed by atoms with Crippen LogP contribution in [0, 0.1) is 0 Å². The van der Waals surface area contributed by atoms with Crippen LogP contribution in [0.3, 0.4) is 0 Å². The summed E-state index contributed by atoms with van der Waals surface area (Å²) in [5.74, 6) is 0. The topological polar surface area (TPSA) is 21.6 Å². The smallest absolute Gasteiger partial charge is 0.0517 e. The minimum absolute atomic E-state index is 0.781.